The van der Waals surface area contributed by atoms with Gasteiger partial charge in [0.2, 0.25) is 10.0 Å². The van der Waals surface area contributed by atoms with Crippen molar-refractivity contribution in [3.8, 4) is 0 Å². The van der Waals surface area contributed by atoms with Gasteiger partial charge in [0.1, 0.15) is 0 Å². The molecular weight excluding hydrogens is 520 g/mol. The summed E-state index contributed by atoms with van der Waals surface area (Å²) in [5.74, 6) is -1.40. The Morgan fingerprint density at radius 2 is 1.86 bits per heavy atom. The smallest absolute Gasteiger partial charge is 0.303 e. The second-order valence-corrected chi connectivity index (χ2v) is 11.4. The van der Waals surface area contributed by atoms with Crippen LogP contribution in [0.1, 0.15) is 52.1 Å². The zero-order valence-electron chi connectivity index (χ0n) is 20.4. The summed E-state index contributed by atoms with van der Waals surface area (Å²) in [7, 11) is -1.79. The topological polar surface area (TPSA) is 140 Å². The van der Waals surface area contributed by atoms with E-state index in [0.29, 0.717) is 73.5 Å². The molecule has 0 atom stereocenters. The average Bonchev–Trinajstić information content (AvgIpc) is 3.35. The zero-order valence-corrected chi connectivity index (χ0v) is 22.0. The number of aromatic nitrogens is 1. The molecule has 1 aromatic heterocycles. The Labute approximate surface area is 221 Å². The van der Waals surface area contributed by atoms with E-state index in [1.54, 1.807) is 12.1 Å². The number of carbonyl (C=O) groups excluding carboxylic acids is 2. The van der Waals surface area contributed by atoms with Crippen LogP contribution >= 0.6 is 12.4 Å². The van der Waals surface area contributed by atoms with Crippen molar-refractivity contribution in [3.05, 3.63) is 46.3 Å². The van der Waals surface area contributed by atoms with Crippen molar-refractivity contribution in [1.82, 2.24) is 14.2 Å². The molecule has 10 nitrogen and oxygen atoms in total. The zero-order chi connectivity index (χ0) is 25.6. The summed E-state index contributed by atoms with van der Waals surface area (Å²) in [5.41, 5.74) is 3.61. The van der Waals surface area contributed by atoms with E-state index in [1.807, 2.05) is 7.05 Å². The number of carboxylic acid groups (broad SMARTS) is 1. The van der Waals surface area contributed by atoms with Gasteiger partial charge in [0.25, 0.3) is 5.91 Å². The fourth-order valence-electron chi connectivity index (χ4n) is 5.10. The van der Waals surface area contributed by atoms with Crippen molar-refractivity contribution in [2.75, 3.05) is 38.5 Å². The summed E-state index contributed by atoms with van der Waals surface area (Å²) in [6.45, 7) is 2.07. The molecule has 5 rings (SSSR count). The number of hydrogen-bond acceptors (Lipinski definition) is 6. The quantitative estimate of drug-likeness (QED) is 0.471. The Morgan fingerprint density at radius 3 is 2.57 bits per heavy atom. The van der Waals surface area contributed by atoms with Gasteiger partial charge in [0, 0.05) is 67.2 Å². The van der Waals surface area contributed by atoms with Crippen LogP contribution in [-0.2, 0) is 32.5 Å². The number of hydrogen-bond donors (Lipinski definition) is 3. The molecule has 1 amide bonds. The summed E-state index contributed by atoms with van der Waals surface area (Å²) in [6.07, 6.45) is 3.38. The Hall–Kier alpha value is -2.99. The Morgan fingerprint density at radius 1 is 1.14 bits per heavy atom. The Balaban J connectivity index is 0.00000320. The summed E-state index contributed by atoms with van der Waals surface area (Å²) in [6, 6.07) is 4.60. The molecule has 1 fully saturated rings. The number of aromatic amines is 1. The fourth-order valence-corrected chi connectivity index (χ4v) is 6.55. The first-order valence-electron chi connectivity index (χ1n) is 12.0. The third kappa shape index (κ3) is 5.08. The number of Topliss-reactive ketones (excluding diaryl/α,β-unsaturated/α-hetero) is 1. The molecule has 0 unspecified atom stereocenters. The van der Waals surface area contributed by atoms with Gasteiger partial charge in [-0.25, -0.2) is 8.42 Å². The van der Waals surface area contributed by atoms with Crippen LogP contribution in [0.4, 0.5) is 5.69 Å². The second-order valence-electron chi connectivity index (χ2n) is 9.47. The Kier molecular flexibility index (Phi) is 7.61. The van der Waals surface area contributed by atoms with E-state index in [9.17, 15) is 27.9 Å². The predicted molar refractivity (Wildman–Crippen MR) is 140 cm³/mol. The van der Waals surface area contributed by atoms with E-state index in [0.717, 1.165) is 5.69 Å². The van der Waals surface area contributed by atoms with Crippen LogP contribution in [0.2, 0.25) is 0 Å². The highest BCUT2D eigenvalue weighted by molar-refractivity contribution is 7.89. The van der Waals surface area contributed by atoms with E-state index in [-0.39, 0.29) is 47.4 Å². The largest absolute Gasteiger partial charge is 0.481 e. The molecule has 37 heavy (non-hydrogen) atoms. The molecule has 198 valence electrons. The van der Waals surface area contributed by atoms with Gasteiger partial charge in [-0.3, -0.25) is 14.4 Å². The first-order valence-corrected chi connectivity index (χ1v) is 13.4. The molecule has 2 aliphatic heterocycles. The fraction of sp³-hybridized carbons (Fsp3) is 0.400. The summed E-state index contributed by atoms with van der Waals surface area (Å²) >= 11 is 0. The molecule has 0 saturated carbocycles. The van der Waals surface area contributed by atoms with Gasteiger partial charge in [0.15, 0.2) is 5.78 Å². The number of nitrogens with zero attached hydrogens (tertiary/aromatic N) is 2. The molecule has 1 aliphatic carbocycles. The van der Waals surface area contributed by atoms with Crippen molar-refractivity contribution in [1.29, 1.82) is 0 Å². The molecule has 1 saturated heterocycles. The number of amides is 1. The SMILES string of the molecule is CN1CCN(S(=O)(=O)c2ccc3c(c2)C(=Cc2[nH]c4c(c2CCC(=O)O)C(=O)CCC4)C(=O)N3)CC1.Cl. The maximum absolute atomic E-state index is 13.3. The number of carboxylic acids is 1. The molecule has 0 radical (unpaired) electrons. The first-order chi connectivity index (χ1) is 17.1. The maximum Gasteiger partial charge on any atom is 0.303 e. The van der Waals surface area contributed by atoms with Crippen LogP contribution in [0.15, 0.2) is 23.1 Å². The van der Waals surface area contributed by atoms with Gasteiger partial charge < -0.3 is 20.3 Å². The van der Waals surface area contributed by atoms with E-state index in [4.69, 9.17) is 0 Å². The normalized spacial score (nSPS) is 19.3. The number of fused-ring (bicyclic) bond motifs is 2. The molecule has 3 aliphatic rings. The van der Waals surface area contributed by atoms with Crippen molar-refractivity contribution < 1.29 is 27.9 Å². The molecule has 2 aromatic rings. The molecule has 1 aromatic carbocycles. The molecular formula is C25H29ClN4O6S. The van der Waals surface area contributed by atoms with E-state index < -0.39 is 16.0 Å². The minimum atomic E-state index is -3.73. The second kappa shape index (κ2) is 10.4. The number of rotatable bonds is 6. The number of benzene rings is 1. The van der Waals surface area contributed by atoms with Gasteiger partial charge in [0.05, 0.1) is 10.5 Å². The lowest BCUT2D eigenvalue weighted by atomic mass is 9.91. The van der Waals surface area contributed by atoms with Crippen LogP contribution in [-0.4, -0.2) is 78.6 Å². The van der Waals surface area contributed by atoms with Crippen molar-refractivity contribution in [2.24, 2.45) is 0 Å². The van der Waals surface area contributed by atoms with Gasteiger partial charge in [-0.1, -0.05) is 0 Å². The minimum Gasteiger partial charge on any atom is -0.481 e. The summed E-state index contributed by atoms with van der Waals surface area (Å²) in [4.78, 5) is 42.2. The average molecular weight is 549 g/mol. The number of likely N-dealkylation sites (N-methyl/N-ethyl adjacent to an activating group) is 1. The van der Waals surface area contributed by atoms with E-state index >= 15 is 0 Å². The number of H-pyrrole nitrogens is 1. The minimum absolute atomic E-state index is 0. The van der Waals surface area contributed by atoms with Crippen LogP contribution in [0.3, 0.4) is 0 Å². The standard InChI is InChI=1S/C25H28N4O6S.ClH/c1-28-9-11-29(12-10-28)36(34,35)15-5-7-19-17(13-15)18(25(33)27-19)14-21-16(6-8-23(31)32)24-20(26-21)3-2-4-22(24)30;/h5,7,13-14,26H,2-4,6,8-12H2,1H3,(H,27,33)(H,31,32);1H. The number of aliphatic carboxylic acids is 1. The van der Waals surface area contributed by atoms with Gasteiger partial charge in [-0.15, -0.1) is 12.4 Å². The number of piperazine rings is 1. The lowest BCUT2D eigenvalue weighted by molar-refractivity contribution is -0.137. The lowest BCUT2D eigenvalue weighted by Gasteiger charge is -2.31. The van der Waals surface area contributed by atoms with Crippen LogP contribution in [0, 0.1) is 0 Å². The van der Waals surface area contributed by atoms with Crippen molar-refractivity contribution >= 4 is 57.4 Å². The third-order valence-electron chi connectivity index (χ3n) is 7.08. The number of halogens is 1. The highest BCUT2D eigenvalue weighted by atomic mass is 35.5. The lowest BCUT2D eigenvalue weighted by Crippen LogP contribution is -2.47. The maximum atomic E-state index is 13.3. The molecule has 3 heterocycles. The number of anilines is 1. The number of ketones is 1. The summed E-state index contributed by atoms with van der Waals surface area (Å²) in [5, 5.41) is 12.0. The summed E-state index contributed by atoms with van der Waals surface area (Å²) < 4.78 is 28.0. The first kappa shape index (κ1) is 27.1. The Bertz CT molecular complexity index is 1410. The number of aryl methyl sites for hydroxylation is 1. The third-order valence-corrected chi connectivity index (χ3v) is 8.97. The van der Waals surface area contributed by atoms with E-state index in [2.05, 4.69) is 15.2 Å². The molecule has 0 spiro atoms. The molecule has 0 bridgehead atoms. The van der Waals surface area contributed by atoms with Gasteiger partial charge >= 0.3 is 5.97 Å². The number of carbonyl (C=O) groups is 3. The highest BCUT2D eigenvalue weighted by Gasteiger charge is 2.32. The van der Waals surface area contributed by atoms with Crippen LogP contribution in [0.25, 0.3) is 11.6 Å². The molecule has 3 N–H and O–H groups in total. The monoisotopic (exact) mass is 548 g/mol. The number of sulfonamides is 1. The van der Waals surface area contributed by atoms with Crippen LogP contribution < -0.4 is 5.32 Å². The van der Waals surface area contributed by atoms with Crippen LogP contribution in [0.5, 0.6) is 0 Å². The van der Waals surface area contributed by atoms with Crippen molar-refractivity contribution in [2.45, 2.75) is 37.0 Å². The molecule has 12 heteroatoms. The van der Waals surface area contributed by atoms with Gasteiger partial charge in [-0.05, 0) is 56.1 Å². The van der Waals surface area contributed by atoms with E-state index in [1.165, 1.54) is 16.4 Å². The van der Waals surface area contributed by atoms with Crippen molar-refractivity contribution in [3.63, 3.8) is 0 Å². The number of nitrogens with one attached hydrogen (secondary N) is 2. The predicted octanol–water partition coefficient (Wildman–Crippen LogP) is 2.40. The highest BCUT2D eigenvalue weighted by Crippen LogP contribution is 2.37. The van der Waals surface area contributed by atoms with Gasteiger partial charge in [-0.2, -0.15) is 4.31 Å².